The second-order valence-corrected chi connectivity index (χ2v) is 6.89. The molecule has 0 spiro atoms. The largest absolute Gasteiger partial charge is 0.481 e. The van der Waals surface area contributed by atoms with Crippen molar-refractivity contribution in [3.05, 3.63) is 22.5 Å². The Labute approximate surface area is 113 Å². The Morgan fingerprint density at radius 1 is 1.47 bits per heavy atom. The Balaban J connectivity index is 3.85. The quantitative estimate of drug-likeness (QED) is 0.760. The van der Waals surface area contributed by atoms with Crippen molar-refractivity contribution in [1.29, 1.82) is 0 Å². The van der Waals surface area contributed by atoms with Crippen molar-refractivity contribution in [2.45, 2.75) is 10.9 Å². The maximum absolute atomic E-state index is 13.9. The summed E-state index contributed by atoms with van der Waals surface area (Å²) in [6, 6.07) is 0. The molecule has 0 fully saturated rings. The molecule has 10 heteroatoms. The lowest BCUT2D eigenvalue weighted by molar-refractivity contribution is -0.176. The SMILES string of the molecule is CS(=O)(=O)C1(C(F)(F)F)C(F)=C(Br)C=CC1C(=O)O. The molecule has 2 unspecified atom stereocenters. The number of halogens is 5. The number of carboxylic acids is 1. The highest BCUT2D eigenvalue weighted by molar-refractivity contribution is 9.11. The van der Waals surface area contributed by atoms with Crippen LogP contribution >= 0.6 is 15.9 Å². The van der Waals surface area contributed by atoms with E-state index in [0.717, 1.165) is 6.08 Å². The van der Waals surface area contributed by atoms with Gasteiger partial charge < -0.3 is 5.11 Å². The molecule has 0 aromatic heterocycles. The third-order valence-electron chi connectivity index (χ3n) is 2.68. The van der Waals surface area contributed by atoms with Gasteiger partial charge in [0.1, 0.15) is 11.7 Å². The minimum atomic E-state index is -5.63. The van der Waals surface area contributed by atoms with Crippen molar-refractivity contribution >= 4 is 31.7 Å². The van der Waals surface area contributed by atoms with Gasteiger partial charge in [-0.25, -0.2) is 12.8 Å². The summed E-state index contributed by atoms with van der Waals surface area (Å²) in [4.78, 5) is 10.9. The molecule has 19 heavy (non-hydrogen) atoms. The highest BCUT2D eigenvalue weighted by atomic mass is 79.9. The van der Waals surface area contributed by atoms with E-state index in [4.69, 9.17) is 5.11 Å². The zero-order chi connectivity index (χ0) is 15.2. The van der Waals surface area contributed by atoms with Crippen LogP contribution in [0, 0.1) is 5.92 Å². The first-order valence-corrected chi connectivity index (χ1v) is 7.29. The van der Waals surface area contributed by atoms with Crippen molar-refractivity contribution in [3.63, 3.8) is 0 Å². The summed E-state index contributed by atoms with van der Waals surface area (Å²) in [7, 11) is -5.14. The second kappa shape index (κ2) is 4.58. The molecule has 1 aliphatic carbocycles. The van der Waals surface area contributed by atoms with Gasteiger partial charge in [-0.3, -0.25) is 4.79 Å². The summed E-state index contributed by atoms with van der Waals surface area (Å²) in [5.41, 5.74) is 0. The molecule has 0 bridgehead atoms. The van der Waals surface area contributed by atoms with Crippen molar-refractivity contribution in [2.24, 2.45) is 5.92 Å². The minimum Gasteiger partial charge on any atom is -0.481 e. The summed E-state index contributed by atoms with van der Waals surface area (Å²) < 4.78 is 71.5. The summed E-state index contributed by atoms with van der Waals surface area (Å²) in [6.45, 7) is 0. The normalized spacial score (nSPS) is 28.6. The van der Waals surface area contributed by atoms with E-state index in [2.05, 4.69) is 15.9 Å². The van der Waals surface area contributed by atoms with Crippen LogP contribution in [0.3, 0.4) is 0 Å². The maximum Gasteiger partial charge on any atom is 0.415 e. The fourth-order valence-electron chi connectivity index (χ4n) is 1.86. The maximum atomic E-state index is 13.9. The molecule has 0 saturated carbocycles. The number of rotatable bonds is 2. The predicted molar refractivity (Wildman–Crippen MR) is 61.0 cm³/mol. The first-order valence-electron chi connectivity index (χ1n) is 4.60. The van der Waals surface area contributed by atoms with Crippen LogP contribution in [0.1, 0.15) is 0 Å². The van der Waals surface area contributed by atoms with Crippen molar-refractivity contribution in [2.75, 3.05) is 6.26 Å². The lowest BCUT2D eigenvalue weighted by atomic mass is 9.85. The van der Waals surface area contributed by atoms with Gasteiger partial charge in [0, 0.05) is 6.26 Å². The van der Waals surface area contributed by atoms with Crippen LogP contribution in [-0.2, 0) is 14.6 Å². The van der Waals surface area contributed by atoms with E-state index >= 15 is 0 Å². The molecule has 0 radical (unpaired) electrons. The standard InChI is InChI=1S/C9H7BrF4O4S/c1-19(17,18)8(9(12,13)14)4(7(15)16)2-3-5(10)6(8)11/h2-4H,1H3,(H,15,16). The summed E-state index contributed by atoms with van der Waals surface area (Å²) >= 11 is 2.45. The molecule has 0 aromatic rings. The van der Waals surface area contributed by atoms with Crippen LogP contribution in [0.15, 0.2) is 22.5 Å². The summed E-state index contributed by atoms with van der Waals surface area (Å²) in [6.07, 6.45) is -4.25. The highest BCUT2D eigenvalue weighted by Gasteiger charge is 2.72. The van der Waals surface area contributed by atoms with Crippen LogP contribution in [-0.4, -0.2) is 36.7 Å². The number of alkyl halides is 3. The van der Waals surface area contributed by atoms with Gasteiger partial charge in [0.15, 0.2) is 9.84 Å². The number of hydrogen-bond donors (Lipinski definition) is 1. The van der Waals surface area contributed by atoms with Crippen molar-refractivity contribution in [1.82, 2.24) is 0 Å². The molecular formula is C9H7BrF4O4S. The molecule has 2 atom stereocenters. The number of carbonyl (C=O) groups is 1. The van der Waals surface area contributed by atoms with Gasteiger partial charge >= 0.3 is 12.1 Å². The third-order valence-corrected chi connectivity index (χ3v) is 5.13. The second-order valence-electron chi connectivity index (χ2n) is 3.84. The minimum absolute atomic E-state index is 0.148. The van der Waals surface area contributed by atoms with Crippen LogP contribution in [0.2, 0.25) is 0 Å². The van der Waals surface area contributed by atoms with Crippen LogP contribution in [0.25, 0.3) is 0 Å². The monoisotopic (exact) mass is 366 g/mol. The molecular weight excluding hydrogens is 360 g/mol. The van der Waals surface area contributed by atoms with E-state index in [1.54, 1.807) is 0 Å². The van der Waals surface area contributed by atoms with E-state index < -0.39 is 43.0 Å². The molecule has 0 amide bonds. The van der Waals surface area contributed by atoms with Crippen LogP contribution < -0.4 is 0 Å². The van der Waals surface area contributed by atoms with Gasteiger partial charge in [-0.2, -0.15) is 13.2 Å². The molecule has 0 aromatic carbocycles. The molecule has 1 rings (SSSR count). The first kappa shape index (κ1) is 16.2. The Morgan fingerprint density at radius 3 is 2.26 bits per heavy atom. The number of hydrogen-bond acceptors (Lipinski definition) is 3. The molecule has 1 aliphatic rings. The Morgan fingerprint density at radius 2 is 1.95 bits per heavy atom. The predicted octanol–water partition coefficient (Wildman–Crippen LogP) is 2.18. The zero-order valence-electron chi connectivity index (χ0n) is 9.20. The smallest absolute Gasteiger partial charge is 0.415 e. The molecule has 0 saturated heterocycles. The zero-order valence-corrected chi connectivity index (χ0v) is 11.6. The van der Waals surface area contributed by atoms with Gasteiger partial charge in [-0.05, 0) is 22.0 Å². The van der Waals surface area contributed by atoms with E-state index in [-0.39, 0.29) is 6.26 Å². The Hall–Kier alpha value is -0.900. The average molecular weight is 367 g/mol. The lowest BCUT2D eigenvalue weighted by Gasteiger charge is -2.37. The van der Waals surface area contributed by atoms with Crippen molar-refractivity contribution < 1.29 is 35.9 Å². The lowest BCUT2D eigenvalue weighted by Crippen LogP contribution is -2.60. The topological polar surface area (TPSA) is 71.4 Å². The summed E-state index contributed by atoms with van der Waals surface area (Å²) in [5.74, 6) is -6.77. The number of allylic oxidation sites excluding steroid dienone is 2. The first-order chi connectivity index (χ1) is 8.37. The molecule has 108 valence electrons. The molecule has 1 N–H and O–H groups in total. The van der Waals surface area contributed by atoms with Gasteiger partial charge in [0.2, 0.25) is 4.75 Å². The Bertz CT molecular complexity index is 578. The fourth-order valence-corrected chi connectivity index (χ4v) is 3.96. The molecule has 0 aliphatic heterocycles. The Kier molecular flexibility index (Phi) is 3.90. The summed E-state index contributed by atoms with van der Waals surface area (Å²) in [5, 5.41) is 8.78. The van der Waals surface area contributed by atoms with Crippen molar-refractivity contribution in [3.8, 4) is 0 Å². The number of carboxylic acid groups (broad SMARTS) is 1. The molecule has 4 nitrogen and oxygen atoms in total. The van der Waals surface area contributed by atoms with E-state index in [0.29, 0.717) is 6.08 Å². The fraction of sp³-hybridized carbons (Fsp3) is 0.444. The van der Waals surface area contributed by atoms with E-state index in [1.807, 2.05) is 0 Å². The van der Waals surface area contributed by atoms with Crippen LogP contribution in [0.5, 0.6) is 0 Å². The van der Waals surface area contributed by atoms with E-state index in [9.17, 15) is 30.8 Å². The third kappa shape index (κ3) is 2.20. The van der Waals surface area contributed by atoms with Gasteiger partial charge in [-0.1, -0.05) is 6.08 Å². The average Bonchev–Trinajstić information content (AvgIpc) is 2.17. The van der Waals surface area contributed by atoms with Gasteiger partial charge in [-0.15, -0.1) is 0 Å². The number of sulfone groups is 1. The van der Waals surface area contributed by atoms with Gasteiger partial charge in [0.05, 0.1) is 4.48 Å². The van der Waals surface area contributed by atoms with E-state index in [1.165, 1.54) is 0 Å². The van der Waals surface area contributed by atoms with Crippen LogP contribution in [0.4, 0.5) is 17.6 Å². The molecule has 0 heterocycles. The van der Waals surface area contributed by atoms with Gasteiger partial charge in [0.25, 0.3) is 0 Å². The number of aliphatic carboxylic acids is 1. The highest BCUT2D eigenvalue weighted by Crippen LogP contribution is 2.52.